The molecular formula is C14H22N2O. The number of amidine groups is 1. The Morgan fingerprint density at radius 3 is 2.29 bits per heavy atom. The molecule has 0 aliphatic rings. The molecule has 3 N–H and O–H groups in total. The Balaban J connectivity index is 2.60. The first kappa shape index (κ1) is 13.6. The highest BCUT2D eigenvalue weighted by molar-refractivity contribution is 5.82. The number of nitrogens with two attached hydrogens (primary N) is 1. The molecular weight excluding hydrogens is 212 g/mol. The minimum atomic E-state index is -0.295. The number of benzene rings is 1. The summed E-state index contributed by atoms with van der Waals surface area (Å²) >= 11 is 0. The third-order valence-corrected chi connectivity index (χ3v) is 3.11. The second-order valence-corrected chi connectivity index (χ2v) is 5.12. The summed E-state index contributed by atoms with van der Waals surface area (Å²) in [5, 5.41) is 7.49. The van der Waals surface area contributed by atoms with Crippen molar-refractivity contribution in [2.75, 3.05) is 6.61 Å². The van der Waals surface area contributed by atoms with E-state index in [1.807, 2.05) is 45.9 Å². The summed E-state index contributed by atoms with van der Waals surface area (Å²) in [6.45, 7) is 8.59. The van der Waals surface area contributed by atoms with Crippen molar-refractivity contribution in [2.45, 2.75) is 34.1 Å². The van der Waals surface area contributed by atoms with Gasteiger partial charge in [0.15, 0.2) is 0 Å². The van der Waals surface area contributed by atoms with Gasteiger partial charge in [-0.25, -0.2) is 0 Å². The summed E-state index contributed by atoms with van der Waals surface area (Å²) in [5.74, 6) is 1.16. The molecule has 0 aromatic heterocycles. The van der Waals surface area contributed by atoms with Crippen molar-refractivity contribution in [3.05, 3.63) is 29.3 Å². The van der Waals surface area contributed by atoms with Crippen LogP contribution in [-0.2, 0) is 0 Å². The van der Waals surface area contributed by atoms with Gasteiger partial charge in [0.2, 0.25) is 0 Å². The lowest BCUT2D eigenvalue weighted by atomic mass is 9.88. The van der Waals surface area contributed by atoms with Gasteiger partial charge in [0, 0.05) is 5.41 Å². The quantitative estimate of drug-likeness (QED) is 0.607. The lowest BCUT2D eigenvalue weighted by Crippen LogP contribution is -2.32. The number of nitrogens with one attached hydrogen (secondary N) is 1. The highest BCUT2D eigenvalue weighted by atomic mass is 16.5. The number of para-hydroxylation sites is 1. The maximum atomic E-state index is 7.49. The van der Waals surface area contributed by atoms with Gasteiger partial charge < -0.3 is 10.5 Å². The van der Waals surface area contributed by atoms with Crippen LogP contribution in [0.2, 0.25) is 0 Å². The van der Waals surface area contributed by atoms with Crippen LogP contribution in [0.25, 0.3) is 0 Å². The molecule has 0 aliphatic heterocycles. The molecule has 0 bridgehead atoms. The molecule has 3 heteroatoms. The Morgan fingerprint density at radius 2 is 1.82 bits per heavy atom. The van der Waals surface area contributed by atoms with Gasteiger partial charge in [0.1, 0.15) is 5.75 Å². The first-order valence-corrected chi connectivity index (χ1v) is 5.88. The zero-order chi connectivity index (χ0) is 13.1. The molecule has 1 aromatic carbocycles. The molecule has 0 saturated heterocycles. The van der Waals surface area contributed by atoms with Crippen LogP contribution in [0.1, 0.15) is 31.4 Å². The van der Waals surface area contributed by atoms with Crippen molar-refractivity contribution in [3.8, 4) is 5.75 Å². The second-order valence-electron chi connectivity index (χ2n) is 5.12. The first-order valence-electron chi connectivity index (χ1n) is 5.88. The van der Waals surface area contributed by atoms with Gasteiger partial charge >= 0.3 is 0 Å². The average molecular weight is 234 g/mol. The summed E-state index contributed by atoms with van der Waals surface area (Å²) in [6, 6.07) is 6.11. The Labute approximate surface area is 103 Å². The minimum absolute atomic E-state index is 0.211. The van der Waals surface area contributed by atoms with Gasteiger partial charge in [-0.05, 0) is 31.4 Å². The average Bonchev–Trinajstić information content (AvgIpc) is 2.22. The van der Waals surface area contributed by atoms with E-state index in [9.17, 15) is 0 Å². The highest BCUT2D eigenvalue weighted by Crippen LogP contribution is 2.25. The van der Waals surface area contributed by atoms with Crippen LogP contribution < -0.4 is 10.5 Å². The Hall–Kier alpha value is -1.51. The molecule has 0 amide bonds. The molecule has 0 saturated carbocycles. The normalized spacial score (nSPS) is 11.3. The number of ether oxygens (including phenoxy) is 1. The van der Waals surface area contributed by atoms with E-state index in [0.29, 0.717) is 6.61 Å². The SMILES string of the molecule is Cc1cccc(C)c1OCCC(C)(C)C(=N)N. The van der Waals surface area contributed by atoms with E-state index in [4.69, 9.17) is 15.9 Å². The molecule has 0 aliphatic carbocycles. The fourth-order valence-corrected chi connectivity index (χ4v) is 1.57. The zero-order valence-electron chi connectivity index (χ0n) is 11.1. The summed E-state index contributed by atoms with van der Waals surface area (Å²) in [7, 11) is 0. The monoisotopic (exact) mass is 234 g/mol. The van der Waals surface area contributed by atoms with Gasteiger partial charge in [0.25, 0.3) is 0 Å². The van der Waals surface area contributed by atoms with Crippen molar-refractivity contribution >= 4 is 5.84 Å². The fraction of sp³-hybridized carbons (Fsp3) is 0.500. The molecule has 0 fully saturated rings. The van der Waals surface area contributed by atoms with E-state index in [2.05, 4.69) is 0 Å². The molecule has 1 rings (SSSR count). The number of hydrogen-bond donors (Lipinski definition) is 2. The second kappa shape index (κ2) is 5.21. The van der Waals surface area contributed by atoms with E-state index in [0.717, 1.165) is 23.3 Å². The number of hydrogen-bond acceptors (Lipinski definition) is 2. The molecule has 0 spiro atoms. The van der Waals surface area contributed by atoms with Gasteiger partial charge in [-0.2, -0.15) is 0 Å². The number of aryl methyl sites for hydroxylation is 2. The summed E-state index contributed by atoms with van der Waals surface area (Å²) in [6.07, 6.45) is 0.746. The van der Waals surface area contributed by atoms with Crippen molar-refractivity contribution in [1.82, 2.24) is 0 Å². The molecule has 3 nitrogen and oxygen atoms in total. The minimum Gasteiger partial charge on any atom is -0.493 e. The van der Waals surface area contributed by atoms with Gasteiger partial charge in [-0.3, -0.25) is 5.41 Å². The molecule has 0 radical (unpaired) electrons. The predicted molar refractivity (Wildman–Crippen MR) is 71.7 cm³/mol. The smallest absolute Gasteiger partial charge is 0.125 e. The topological polar surface area (TPSA) is 59.1 Å². The summed E-state index contributed by atoms with van der Waals surface area (Å²) in [5.41, 5.74) is 7.53. The molecule has 94 valence electrons. The van der Waals surface area contributed by atoms with E-state index in [1.54, 1.807) is 0 Å². The molecule has 1 aromatic rings. The summed E-state index contributed by atoms with van der Waals surface area (Å²) in [4.78, 5) is 0. The summed E-state index contributed by atoms with van der Waals surface area (Å²) < 4.78 is 5.80. The van der Waals surface area contributed by atoms with E-state index >= 15 is 0 Å². The van der Waals surface area contributed by atoms with Crippen LogP contribution >= 0.6 is 0 Å². The van der Waals surface area contributed by atoms with E-state index in [-0.39, 0.29) is 11.3 Å². The molecule has 17 heavy (non-hydrogen) atoms. The maximum Gasteiger partial charge on any atom is 0.125 e. The van der Waals surface area contributed by atoms with E-state index < -0.39 is 0 Å². The van der Waals surface area contributed by atoms with Gasteiger partial charge in [-0.1, -0.05) is 32.0 Å². The van der Waals surface area contributed by atoms with Crippen molar-refractivity contribution < 1.29 is 4.74 Å². The Kier molecular flexibility index (Phi) is 4.16. The van der Waals surface area contributed by atoms with Crippen LogP contribution in [0, 0.1) is 24.7 Å². The molecule has 0 atom stereocenters. The van der Waals surface area contributed by atoms with Crippen LogP contribution in [0.15, 0.2) is 18.2 Å². The Bertz CT molecular complexity index is 390. The lowest BCUT2D eigenvalue weighted by molar-refractivity contribution is 0.266. The third kappa shape index (κ3) is 3.48. The zero-order valence-corrected chi connectivity index (χ0v) is 11.1. The fourth-order valence-electron chi connectivity index (χ4n) is 1.57. The number of rotatable bonds is 5. The van der Waals surface area contributed by atoms with Crippen LogP contribution in [-0.4, -0.2) is 12.4 Å². The van der Waals surface area contributed by atoms with Crippen LogP contribution in [0.5, 0.6) is 5.75 Å². The molecule has 0 unspecified atom stereocenters. The Morgan fingerprint density at radius 1 is 1.29 bits per heavy atom. The largest absolute Gasteiger partial charge is 0.493 e. The predicted octanol–water partition coefficient (Wildman–Crippen LogP) is 3.03. The van der Waals surface area contributed by atoms with Crippen LogP contribution in [0.3, 0.4) is 0 Å². The molecule has 0 heterocycles. The van der Waals surface area contributed by atoms with Crippen molar-refractivity contribution in [3.63, 3.8) is 0 Å². The standard InChI is InChI=1S/C14H22N2O/c1-10-6-5-7-11(2)12(10)17-9-8-14(3,4)13(15)16/h5-7H,8-9H2,1-4H3,(H3,15,16). The van der Waals surface area contributed by atoms with Crippen molar-refractivity contribution in [1.29, 1.82) is 5.41 Å². The van der Waals surface area contributed by atoms with Crippen molar-refractivity contribution in [2.24, 2.45) is 11.1 Å². The highest BCUT2D eigenvalue weighted by Gasteiger charge is 2.21. The maximum absolute atomic E-state index is 7.49. The lowest BCUT2D eigenvalue weighted by Gasteiger charge is -2.23. The third-order valence-electron chi connectivity index (χ3n) is 3.11. The van der Waals surface area contributed by atoms with Gasteiger partial charge in [0.05, 0.1) is 12.4 Å². The van der Waals surface area contributed by atoms with E-state index in [1.165, 1.54) is 0 Å². The first-order chi connectivity index (χ1) is 7.84. The van der Waals surface area contributed by atoms with Gasteiger partial charge in [-0.15, -0.1) is 0 Å². The van der Waals surface area contributed by atoms with Crippen LogP contribution in [0.4, 0.5) is 0 Å².